The van der Waals surface area contributed by atoms with E-state index in [0.29, 0.717) is 11.6 Å². The molecule has 6 heteroatoms. The molecule has 1 rings (SSSR count). The zero-order chi connectivity index (χ0) is 12.1. The lowest BCUT2D eigenvalue weighted by Crippen LogP contribution is -2.31. The van der Waals surface area contributed by atoms with Gasteiger partial charge in [-0.1, -0.05) is 43.5 Å². The fourth-order valence-corrected chi connectivity index (χ4v) is 1.60. The van der Waals surface area contributed by atoms with Gasteiger partial charge in [-0.2, -0.15) is 0 Å². The maximum Gasteiger partial charge on any atom is 0.174 e. The summed E-state index contributed by atoms with van der Waals surface area (Å²) in [7, 11) is 0. The molecule has 0 radical (unpaired) electrons. The van der Waals surface area contributed by atoms with Crippen molar-refractivity contribution in [1.82, 2.24) is 10.2 Å². The van der Waals surface area contributed by atoms with Crippen molar-refractivity contribution in [1.29, 1.82) is 0 Å². The Labute approximate surface area is 105 Å². The molecule has 0 aromatic carbocycles. The molecule has 0 fully saturated rings. The molecule has 1 aromatic rings. The fraction of sp³-hybridized carbons (Fsp3) is 0.600. The van der Waals surface area contributed by atoms with E-state index in [0.717, 1.165) is 6.42 Å². The normalized spacial score (nSPS) is 14.6. The van der Waals surface area contributed by atoms with E-state index in [9.17, 15) is 5.11 Å². The van der Waals surface area contributed by atoms with E-state index in [4.69, 9.17) is 23.2 Å². The average molecular weight is 264 g/mol. The van der Waals surface area contributed by atoms with Crippen LogP contribution >= 0.6 is 23.2 Å². The summed E-state index contributed by atoms with van der Waals surface area (Å²) in [4.78, 5) is 0. The molecule has 0 bridgehead atoms. The summed E-state index contributed by atoms with van der Waals surface area (Å²) >= 11 is 11.6. The highest BCUT2D eigenvalue weighted by atomic mass is 35.5. The van der Waals surface area contributed by atoms with Crippen LogP contribution in [0.5, 0.6) is 0 Å². The minimum Gasteiger partial charge on any atom is -0.394 e. The van der Waals surface area contributed by atoms with Gasteiger partial charge in [0, 0.05) is 6.07 Å². The monoisotopic (exact) mass is 263 g/mol. The Morgan fingerprint density at radius 1 is 1.44 bits per heavy atom. The number of anilines is 1. The quantitative estimate of drug-likeness (QED) is 0.858. The van der Waals surface area contributed by atoms with Crippen molar-refractivity contribution in [2.45, 2.75) is 26.3 Å². The van der Waals surface area contributed by atoms with E-state index >= 15 is 0 Å². The highest BCUT2D eigenvalue weighted by Gasteiger charge is 2.16. The summed E-state index contributed by atoms with van der Waals surface area (Å²) in [5.74, 6) is 0.327. The van der Waals surface area contributed by atoms with Gasteiger partial charge < -0.3 is 10.4 Å². The molecule has 4 nitrogen and oxygen atoms in total. The van der Waals surface area contributed by atoms with Crippen LogP contribution in [0.3, 0.4) is 0 Å². The van der Waals surface area contributed by atoms with Crippen molar-refractivity contribution >= 4 is 28.9 Å². The van der Waals surface area contributed by atoms with Gasteiger partial charge in [0.1, 0.15) is 0 Å². The smallest absolute Gasteiger partial charge is 0.174 e. The second-order valence-electron chi connectivity index (χ2n) is 3.69. The molecule has 0 amide bonds. The number of aromatic nitrogens is 2. The van der Waals surface area contributed by atoms with Crippen LogP contribution in [0.4, 0.5) is 5.69 Å². The number of aliphatic hydroxyl groups is 1. The van der Waals surface area contributed by atoms with Crippen molar-refractivity contribution in [3.05, 3.63) is 16.4 Å². The number of halogens is 2. The van der Waals surface area contributed by atoms with E-state index in [1.54, 1.807) is 6.07 Å². The molecule has 90 valence electrons. The van der Waals surface area contributed by atoms with Crippen LogP contribution in [0.15, 0.2) is 6.07 Å². The number of hydrogen-bond donors (Lipinski definition) is 2. The Bertz CT molecular complexity index is 349. The lowest BCUT2D eigenvalue weighted by Gasteiger charge is -2.23. The topological polar surface area (TPSA) is 58.0 Å². The molecule has 2 atom stereocenters. The second kappa shape index (κ2) is 6.23. The van der Waals surface area contributed by atoms with Gasteiger partial charge in [-0.05, 0) is 5.92 Å². The molecule has 0 saturated heterocycles. The minimum atomic E-state index is -0.0669. The van der Waals surface area contributed by atoms with Crippen LogP contribution in [0, 0.1) is 5.92 Å². The Morgan fingerprint density at radius 2 is 2.12 bits per heavy atom. The van der Waals surface area contributed by atoms with Crippen LogP contribution in [0.2, 0.25) is 10.3 Å². The fourth-order valence-electron chi connectivity index (χ4n) is 1.31. The molecule has 1 aromatic heterocycles. The van der Waals surface area contributed by atoms with Crippen LogP contribution < -0.4 is 5.32 Å². The predicted molar refractivity (Wildman–Crippen MR) is 66.0 cm³/mol. The van der Waals surface area contributed by atoms with E-state index in [1.807, 2.05) is 0 Å². The molecule has 0 aliphatic carbocycles. The van der Waals surface area contributed by atoms with Crippen molar-refractivity contribution in [2.24, 2.45) is 5.92 Å². The second-order valence-corrected chi connectivity index (χ2v) is 4.44. The Hall–Kier alpha value is -0.580. The Kier molecular flexibility index (Phi) is 5.25. The summed E-state index contributed by atoms with van der Waals surface area (Å²) in [6.07, 6.45) is 0.960. The van der Waals surface area contributed by atoms with Gasteiger partial charge >= 0.3 is 0 Å². The maximum absolute atomic E-state index is 9.27. The lowest BCUT2D eigenvalue weighted by molar-refractivity contribution is 0.241. The third kappa shape index (κ3) is 3.47. The Balaban J connectivity index is 2.81. The van der Waals surface area contributed by atoms with E-state index < -0.39 is 0 Å². The average Bonchev–Trinajstić information content (AvgIpc) is 2.29. The highest BCUT2D eigenvalue weighted by molar-refractivity contribution is 6.33. The molecule has 0 aliphatic heterocycles. The Morgan fingerprint density at radius 3 is 2.69 bits per heavy atom. The standard InChI is InChI=1S/C10H15Cl2N3O/c1-3-6(2)8(5-16)13-7-4-9(11)14-15-10(7)12/h4,6,8,16H,3,5H2,1-2H3,(H,13,14)/t6-,8-/m1/s1. The summed E-state index contributed by atoms with van der Waals surface area (Å²) in [5.41, 5.74) is 0.598. The summed E-state index contributed by atoms with van der Waals surface area (Å²) in [6.45, 7) is 4.15. The molecule has 2 N–H and O–H groups in total. The summed E-state index contributed by atoms with van der Waals surface area (Å²) in [5, 5.41) is 20.2. The van der Waals surface area contributed by atoms with Crippen LogP contribution in [-0.4, -0.2) is 28.0 Å². The first-order chi connectivity index (χ1) is 7.58. The zero-order valence-corrected chi connectivity index (χ0v) is 10.8. The van der Waals surface area contributed by atoms with Gasteiger partial charge in [0.25, 0.3) is 0 Å². The van der Waals surface area contributed by atoms with Gasteiger partial charge in [-0.3, -0.25) is 0 Å². The highest BCUT2D eigenvalue weighted by Crippen LogP contribution is 2.23. The number of nitrogens with one attached hydrogen (secondary N) is 1. The molecular formula is C10H15Cl2N3O. The molecule has 0 unspecified atom stereocenters. The maximum atomic E-state index is 9.27. The van der Waals surface area contributed by atoms with Crippen LogP contribution in [-0.2, 0) is 0 Å². The first kappa shape index (κ1) is 13.5. The summed E-state index contributed by atoms with van der Waals surface area (Å²) < 4.78 is 0. The zero-order valence-electron chi connectivity index (χ0n) is 9.24. The SMILES string of the molecule is CC[C@@H](C)[C@@H](CO)Nc1cc(Cl)nnc1Cl. The summed E-state index contributed by atoms with van der Waals surface area (Å²) in [6, 6.07) is 1.53. The van der Waals surface area contributed by atoms with Crippen molar-refractivity contribution in [2.75, 3.05) is 11.9 Å². The predicted octanol–water partition coefficient (Wildman–Crippen LogP) is 2.60. The first-order valence-corrected chi connectivity index (χ1v) is 5.90. The van der Waals surface area contributed by atoms with Gasteiger partial charge in [-0.15, -0.1) is 10.2 Å². The van der Waals surface area contributed by atoms with Gasteiger partial charge in [0.05, 0.1) is 18.3 Å². The molecule has 0 saturated carbocycles. The number of hydrogen-bond acceptors (Lipinski definition) is 4. The van der Waals surface area contributed by atoms with Gasteiger partial charge in [0.2, 0.25) is 0 Å². The molecule has 16 heavy (non-hydrogen) atoms. The number of aliphatic hydroxyl groups excluding tert-OH is 1. The van der Waals surface area contributed by atoms with Crippen LogP contribution in [0.1, 0.15) is 20.3 Å². The van der Waals surface area contributed by atoms with Gasteiger partial charge in [0.15, 0.2) is 10.3 Å². The molecule has 1 heterocycles. The molecule has 0 spiro atoms. The van der Waals surface area contributed by atoms with Gasteiger partial charge in [-0.25, -0.2) is 0 Å². The number of rotatable bonds is 5. The van der Waals surface area contributed by atoms with Crippen molar-refractivity contribution in [3.8, 4) is 0 Å². The number of nitrogens with zero attached hydrogens (tertiary/aromatic N) is 2. The molecular weight excluding hydrogens is 249 g/mol. The van der Waals surface area contributed by atoms with E-state index in [2.05, 4.69) is 29.4 Å². The largest absolute Gasteiger partial charge is 0.394 e. The first-order valence-electron chi connectivity index (χ1n) is 5.14. The van der Waals surface area contributed by atoms with Crippen LogP contribution in [0.25, 0.3) is 0 Å². The van der Waals surface area contributed by atoms with Crippen molar-refractivity contribution < 1.29 is 5.11 Å². The third-order valence-corrected chi connectivity index (χ3v) is 3.05. The molecule has 0 aliphatic rings. The van der Waals surface area contributed by atoms with Crippen molar-refractivity contribution in [3.63, 3.8) is 0 Å². The van der Waals surface area contributed by atoms with E-state index in [1.165, 1.54) is 0 Å². The minimum absolute atomic E-state index is 0.0330. The van der Waals surface area contributed by atoms with E-state index in [-0.39, 0.29) is 23.0 Å². The lowest BCUT2D eigenvalue weighted by atomic mass is 10.00. The third-order valence-electron chi connectivity index (χ3n) is 2.59.